The van der Waals surface area contributed by atoms with Crippen molar-refractivity contribution in [3.05, 3.63) is 35.9 Å². The van der Waals surface area contributed by atoms with Crippen LogP contribution in [0.4, 0.5) is 0 Å². The monoisotopic (exact) mass is 184 g/mol. The molecule has 0 bridgehead atoms. The third-order valence-electron chi connectivity index (χ3n) is 1.80. The maximum Gasteiger partial charge on any atom is 0.0678 e. The average molecular weight is 185 g/mol. The molecule has 0 amide bonds. The van der Waals surface area contributed by atoms with Crippen LogP contribution in [-0.2, 0) is 6.42 Å². The molecule has 0 spiro atoms. The van der Waals surface area contributed by atoms with E-state index in [0.717, 1.165) is 6.42 Å². The minimum atomic E-state index is -0.452. The molecule has 2 heteroatoms. The molecule has 0 heterocycles. The van der Waals surface area contributed by atoms with E-state index >= 15 is 0 Å². The van der Waals surface area contributed by atoms with Crippen LogP contribution in [0, 0.1) is 0 Å². The van der Waals surface area contributed by atoms with Gasteiger partial charge >= 0.3 is 0 Å². The Labute approximate surface area is 78.0 Å². The molecular weight excluding hydrogens is 172 g/mol. The van der Waals surface area contributed by atoms with Crippen molar-refractivity contribution in [2.75, 3.05) is 0 Å². The van der Waals surface area contributed by atoms with Crippen LogP contribution in [0.2, 0.25) is 0 Å². The fourth-order valence-electron chi connectivity index (χ4n) is 1.01. The minimum absolute atomic E-state index is 0.188. The molecule has 66 valence electrons. The number of hydrogen-bond acceptors (Lipinski definition) is 1. The van der Waals surface area contributed by atoms with Crippen LogP contribution >= 0.6 is 11.6 Å². The number of halogens is 1. The third-order valence-corrected chi connectivity index (χ3v) is 2.32. The molecule has 0 aliphatic carbocycles. The van der Waals surface area contributed by atoms with E-state index in [9.17, 15) is 0 Å². The zero-order chi connectivity index (χ0) is 8.97. The summed E-state index contributed by atoms with van der Waals surface area (Å²) in [7, 11) is 0. The second-order valence-electron chi connectivity index (χ2n) is 2.95. The molecule has 1 aromatic carbocycles. The van der Waals surface area contributed by atoms with Gasteiger partial charge in [-0.1, -0.05) is 30.3 Å². The summed E-state index contributed by atoms with van der Waals surface area (Å²) in [6.07, 6.45) is 0.270. The summed E-state index contributed by atoms with van der Waals surface area (Å²) in [6.45, 7) is 1.71. The molecule has 0 radical (unpaired) electrons. The number of rotatable bonds is 3. The highest BCUT2D eigenvalue weighted by Crippen LogP contribution is 2.10. The first-order chi connectivity index (χ1) is 5.70. The van der Waals surface area contributed by atoms with Gasteiger partial charge in [0.25, 0.3) is 0 Å². The lowest BCUT2D eigenvalue weighted by Gasteiger charge is -2.11. The Hall–Kier alpha value is -0.530. The predicted molar refractivity (Wildman–Crippen MR) is 51.5 cm³/mol. The second-order valence-corrected chi connectivity index (χ2v) is 3.51. The van der Waals surface area contributed by atoms with Gasteiger partial charge in [0.1, 0.15) is 0 Å². The van der Waals surface area contributed by atoms with Gasteiger partial charge in [0.15, 0.2) is 0 Å². The van der Waals surface area contributed by atoms with Gasteiger partial charge in [0, 0.05) is 0 Å². The third kappa shape index (κ3) is 2.84. The lowest BCUT2D eigenvalue weighted by Crippen LogP contribution is -2.18. The Kier molecular flexibility index (Phi) is 3.57. The van der Waals surface area contributed by atoms with Crippen LogP contribution in [0.15, 0.2) is 30.3 Å². The van der Waals surface area contributed by atoms with Crippen molar-refractivity contribution >= 4 is 11.6 Å². The highest BCUT2D eigenvalue weighted by Gasteiger charge is 2.10. The minimum Gasteiger partial charge on any atom is -0.392 e. The van der Waals surface area contributed by atoms with Crippen LogP contribution in [0.5, 0.6) is 0 Å². The summed E-state index contributed by atoms with van der Waals surface area (Å²) < 4.78 is 0. The lowest BCUT2D eigenvalue weighted by atomic mass is 10.1. The maximum absolute atomic E-state index is 9.15. The van der Waals surface area contributed by atoms with E-state index in [1.165, 1.54) is 5.56 Å². The number of hydrogen-bond donors (Lipinski definition) is 1. The molecule has 1 rings (SSSR count). The average Bonchev–Trinajstić information content (AvgIpc) is 2.06. The van der Waals surface area contributed by atoms with Gasteiger partial charge in [-0.3, -0.25) is 0 Å². The van der Waals surface area contributed by atoms with Crippen LogP contribution in [0.1, 0.15) is 12.5 Å². The molecule has 1 N–H and O–H groups in total. The topological polar surface area (TPSA) is 20.2 Å². The van der Waals surface area contributed by atoms with Crippen LogP contribution < -0.4 is 0 Å². The fraction of sp³-hybridized carbons (Fsp3) is 0.400. The SMILES string of the molecule is CC(O)C(Cl)Cc1ccccc1. The largest absolute Gasteiger partial charge is 0.392 e. The summed E-state index contributed by atoms with van der Waals surface area (Å²) in [6, 6.07) is 9.94. The van der Waals surface area contributed by atoms with E-state index in [-0.39, 0.29) is 5.38 Å². The molecule has 0 saturated carbocycles. The highest BCUT2D eigenvalue weighted by molar-refractivity contribution is 6.21. The van der Waals surface area contributed by atoms with Crippen molar-refractivity contribution in [3.8, 4) is 0 Å². The van der Waals surface area contributed by atoms with Gasteiger partial charge in [-0.2, -0.15) is 0 Å². The van der Waals surface area contributed by atoms with E-state index in [1.807, 2.05) is 30.3 Å². The smallest absolute Gasteiger partial charge is 0.0678 e. The second kappa shape index (κ2) is 4.48. The van der Waals surface area contributed by atoms with Gasteiger partial charge in [-0.15, -0.1) is 11.6 Å². The molecule has 0 fully saturated rings. The maximum atomic E-state index is 9.15. The zero-order valence-corrected chi connectivity index (χ0v) is 7.83. The van der Waals surface area contributed by atoms with E-state index in [1.54, 1.807) is 6.92 Å². The van der Waals surface area contributed by atoms with Crippen molar-refractivity contribution < 1.29 is 5.11 Å². The Morgan fingerprint density at radius 3 is 2.42 bits per heavy atom. The van der Waals surface area contributed by atoms with Crippen molar-refractivity contribution in [1.29, 1.82) is 0 Å². The first-order valence-electron chi connectivity index (χ1n) is 4.06. The van der Waals surface area contributed by atoms with Crippen molar-refractivity contribution in [3.63, 3.8) is 0 Å². The molecule has 0 aromatic heterocycles. The quantitative estimate of drug-likeness (QED) is 0.715. The summed E-state index contributed by atoms with van der Waals surface area (Å²) in [5, 5.41) is 8.96. The van der Waals surface area contributed by atoms with Crippen molar-refractivity contribution in [1.82, 2.24) is 0 Å². The molecule has 2 atom stereocenters. The molecule has 2 unspecified atom stereocenters. The summed E-state index contributed by atoms with van der Waals surface area (Å²) >= 11 is 5.90. The van der Waals surface area contributed by atoms with Crippen LogP contribution in [-0.4, -0.2) is 16.6 Å². The molecule has 0 aliphatic rings. The normalized spacial score (nSPS) is 15.6. The zero-order valence-electron chi connectivity index (χ0n) is 7.07. The molecule has 0 saturated heterocycles. The number of benzene rings is 1. The van der Waals surface area contributed by atoms with E-state index in [4.69, 9.17) is 16.7 Å². The molecule has 1 aromatic rings. The van der Waals surface area contributed by atoms with Gasteiger partial charge in [-0.05, 0) is 18.9 Å². The Bertz CT molecular complexity index is 221. The molecule has 1 nitrogen and oxygen atoms in total. The van der Waals surface area contributed by atoms with Crippen molar-refractivity contribution in [2.24, 2.45) is 0 Å². The first-order valence-corrected chi connectivity index (χ1v) is 4.50. The number of aliphatic hydroxyl groups is 1. The Morgan fingerprint density at radius 2 is 1.92 bits per heavy atom. The summed E-state index contributed by atoms with van der Waals surface area (Å²) in [5.41, 5.74) is 1.17. The van der Waals surface area contributed by atoms with E-state index < -0.39 is 6.10 Å². The van der Waals surface area contributed by atoms with Gasteiger partial charge in [0.2, 0.25) is 0 Å². The van der Waals surface area contributed by atoms with E-state index in [2.05, 4.69) is 0 Å². The highest BCUT2D eigenvalue weighted by atomic mass is 35.5. The van der Waals surface area contributed by atoms with Crippen molar-refractivity contribution in [2.45, 2.75) is 24.8 Å². The molecule has 12 heavy (non-hydrogen) atoms. The summed E-state index contributed by atoms with van der Waals surface area (Å²) in [5.74, 6) is 0. The van der Waals surface area contributed by atoms with Gasteiger partial charge in [-0.25, -0.2) is 0 Å². The summed E-state index contributed by atoms with van der Waals surface area (Å²) in [4.78, 5) is 0. The van der Waals surface area contributed by atoms with E-state index in [0.29, 0.717) is 0 Å². The predicted octanol–water partition coefficient (Wildman–Crippen LogP) is 2.22. The first kappa shape index (κ1) is 9.56. The molecule has 0 aliphatic heterocycles. The Balaban J connectivity index is 2.53. The number of aliphatic hydroxyl groups excluding tert-OH is 1. The molecular formula is C10H13ClO. The number of alkyl halides is 1. The Morgan fingerprint density at radius 1 is 1.33 bits per heavy atom. The van der Waals surface area contributed by atoms with Crippen LogP contribution in [0.3, 0.4) is 0 Å². The van der Waals surface area contributed by atoms with Crippen LogP contribution in [0.25, 0.3) is 0 Å². The lowest BCUT2D eigenvalue weighted by molar-refractivity contribution is 0.188. The fourth-order valence-corrected chi connectivity index (χ4v) is 1.19. The van der Waals surface area contributed by atoms with Gasteiger partial charge in [0.05, 0.1) is 11.5 Å². The van der Waals surface area contributed by atoms with Gasteiger partial charge < -0.3 is 5.11 Å². The standard InChI is InChI=1S/C10H13ClO/c1-8(12)10(11)7-9-5-3-2-4-6-9/h2-6,8,10,12H,7H2,1H3.